The molecular formula is C36H48O7S. The number of carbonyl (C=O) groups is 2. The van der Waals surface area contributed by atoms with Crippen LogP contribution in [0.3, 0.4) is 0 Å². The lowest BCUT2D eigenvalue weighted by Gasteiger charge is -2.25. The van der Waals surface area contributed by atoms with Crippen molar-refractivity contribution in [2.75, 3.05) is 14.2 Å². The molecule has 8 heteroatoms. The maximum absolute atomic E-state index is 12.9. The van der Waals surface area contributed by atoms with E-state index >= 15 is 0 Å². The fourth-order valence-electron chi connectivity index (χ4n) is 5.42. The zero-order valence-corrected chi connectivity index (χ0v) is 27.5. The maximum atomic E-state index is 12.9. The molecule has 0 spiro atoms. The van der Waals surface area contributed by atoms with E-state index in [1.54, 1.807) is 17.8 Å². The van der Waals surface area contributed by atoms with Crippen molar-refractivity contribution in [3.63, 3.8) is 0 Å². The van der Waals surface area contributed by atoms with Crippen LogP contribution in [0.1, 0.15) is 117 Å². The highest BCUT2D eigenvalue weighted by Crippen LogP contribution is 2.43. The van der Waals surface area contributed by atoms with Crippen molar-refractivity contribution in [1.82, 2.24) is 0 Å². The molecule has 0 radical (unpaired) electrons. The van der Waals surface area contributed by atoms with E-state index in [2.05, 4.69) is 31.2 Å². The van der Waals surface area contributed by atoms with Crippen molar-refractivity contribution >= 4 is 34.7 Å². The SMILES string of the molecule is CCCCCCCCc1ccc(C(Sc2ccc3c(=O)cc(C(=O)OC)oc3c2CCC)C(O)CCCCC(=O)OC)cc1. The molecule has 2 unspecified atom stereocenters. The van der Waals surface area contributed by atoms with E-state index in [-0.39, 0.29) is 22.4 Å². The number of aliphatic hydroxyl groups is 1. The monoisotopic (exact) mass is 624 g/mol. The average Bonchev–Trinajstić information content (AvgIpc) is 3.04. The number of hydrogen-bond acceptors (Lipinski definition) is 8. The predicted molar refractivity (Wildman–Crippen MR) is 176 cm³/mol. The van der Waals surface area contributed by atoms with Crippen LogP contribution < -0.4 is 5.43 Å². The highest BCUT2D eigenvalue weighted by atomic mass is 32.2. The molecule has 3 rings (SSSR count). The molecule has 3 aromatic rings. The van der Waals surface area contributed by atoms with E-state index in [9.17, 15) is 19.5 Å². The number of benzene rings is 2. The highest BCUT2D eigenvalue weighted by Gasteiger charge is 2.25. The maximum Gasteiger partial charge on any atom is 0.374 e. The zero-order valence-electron chi connectivity index (χ0n) is 26.7. The summed E-state index contributed by atoms with van der Waals surface area (Å²) < 4.78 is 15.5. The number of rotatable bonds is 19. The Kier molecular flexibility index (Phi) is 15.0. The molecule has 0 aliphatic carbocycles. The second kappa shape index (κ2) is 18.6. The second-order valence-corrected chi connectivity index (χ2v) is 12.5. The van der Waals surface area contributed by atoms with Crippen LogP contribution in [0, 0.1) is 0 Å². The van der Waals surface area contributed by atoms with Crippen LogP contribution in [0.25, 0.3) is 11.0 Å². The molecule has 0 aliphatic rings. The number of hydrogen-bond donors (Lipinski definition) is 1. The van der Waals surface area contributed by atoms with Gasteiger partial charge in [-0.25, -0.2) is 4.79 Å². The van der Waals surface area contributed by atoms with Gasteiger partial charge in [-0.2, -0.15) is 0 Å². The van der Waals surface area contributed by atoms with Crippen LogP contribution in [0.5, 0.6) is 0 Å². The fraction of sp³-hybridized carbons (Fsp3) is 0.528. The predicted octanol–water partition coefficient (Wildman–Crippen LogP) is 8.36. The topological polar surface area (TPSA) is 103 Å². The first-order valence-electron chi connectivity index (χ1n) is 16.0. The van der Waals surface area contributed by atoms with Gasteiger partial charge in [-0.15, -0.1) is 11.8 Å². The summed E-state index contributed by atoms with van der Waals surface area (Å²) in [6.07, 6.45) is 11.5. The van der Waals surface area contributed by atoms with Crippen molar-refractivity contribution in [2.24, 2.45) is 0 Å². The molecule has 0 saturated heterocycles. The molecule has 1 heterocycles. The van der Waals surface area contributed by atoms with Gasteiger partial charge in [0.05, 0.1) is 31.0 Å². The molecule has 0 bridgehead atoms. The van der Waals surface area contributed by atoms with E-state index in [0.717, 1.165) is 28.9 Å². The third-order valence-electron chi connectivity index (χ3n) is 7.93. The van der Waals surface area contributed by atoms with Crippen LogP contribution in [-0.2, 0) is 27.1 Å². The Morgan fingerprint density at radius 2 is 1.59 bits per heavy atom. The molecule has 1 aromatic heterocycles. The Morgan fingerprint density at radius 1 is 0.864 bits per heavy atom. The minimum absolute atomic E-state index is 0.132. The largest absolute Gasteiger partial charge is 0.469 e. The number of esters is 2. The van der Waals surface area contributed by atoms with Gasteiger partial charge in [0.25, 0.3) is 0 Å². The molecule has 1 N–H and O–H groups in total. The van der Waals surface area contributed by atoms with Gasteiger partial charge < -0.3 is 19.0 Å². The standard InChI is InChI=1S/C36H48O7S/c1-5-7-8-9-10-11-15-25-18-20-26(21-19-25)35(29(37)16-12-13-17-33(39)41-3)44-32-23-22-27-30(38)24-31(36(40)42-4)43-34(27)28(32)14-6-2/h18-24,29,35,37H,5-17H2,1-4H3. The fourth-order valence-corrected chi connectivity index (χ4v) is 6.76. The van der Waals surface area contributed by atoms with Gasteiger partial charge in [-0.3, -0.25) is 9.59 Å². The number of carbonyl (C=O) groups excluding carboxylic acids is 2. The van der Waals surface area contributed by atoms with Crippen LogP contribution in [0.4, 0.5) is 0 Å². The van der Waals surface area contributed by atoms with Crippen LogP contribution in [0.15, 0.2) is 56.6 Å². The quantitative estimate of drug-likeness (QED) is 0.0806. The summed E-state index contributed by atoms with van der Waals surface area (Å²) in [5, 5.41) is 11.6. The van der Waals surface area contributed by atoms with Gasteiger partial charge in [0.1, 0.15) is 5.58 Å². The first kappa shape index (κ1) is 35.4. The highest BCUT2D eigenvalue weighted by molar-refractivity contribution is 7.99. The Morgan fingerprint density at radius 3 is 2.27 bits per heavy atom. The Balaban J connectivity index is 1.90. The molecule has 2 aromatic carbocycles. The molecule has 0 saturated carbocycles. The van der Waals surface area contributed by atoms with Gasteiger partial charge in [-0.05, 0) is 55.4 Å². The summed E-state index contributed by atoms with van der Waals surface area (Å²) in [4.78, 5) is 37.6. The summed E-state index contributed by atoms with van der Waals surface area (Å²) in [6, 6.07) is 13.4. The summed E-state index contributed by atoms with van der Waals surface area (Å²) in [5.74, 6) is -1.09. The van der Waals surface area contributed by atoms with Gasteiger partial charge >= 0.3 is 11.9 Å². The van der Waals surface area contributed by atoms with Gasteiger partial charge in [0, 0.05) is 22.9 Å². The van der Waals surface area contributed by atoms with Crippen molar-refractivity contribution in [3.05, 3.63) is 75.1 Å². The van der Waals surface area contributed by atoms with E-state index < -0.39 is 12.1 Å². The molecule has 2 atom stereocenters. The van der Waals surface area contributed by atoms with Gasteiger partial charge in [0.15, 0.2) is 5.43 Å². The minimum atomic E-state index is -0.703. The summed E-state index contributed by atoms with van der Waals surface area (Å²) in [6.45, 7) is 4.28. The Labute approximate surface area is 265 Å². The number of unbranched alkanes of at least 4 members (excludes halogenated alkanes) is 6. The zero-order chi connectivity index (χ0) is 31.9. The lowest BCUT2D eigenvalue weighted by Crippen LogP contribution is -2.17. The molecule has 240 valence electrons. The first-order chi connectivity index (χ1) is 21.3. The molecule has 0 amide bonds. The number of methoxy groups -OCH3 is 2. The summed E-state index contributed by atoms with van der Waals surface area (Å²) >= 11 is 1.54. The number of thioether (sulfide) groups is 1. The van der Waals surface area contributed by atoms with Crippen LogP contribution in [0.2, 0.25) is 0 Å². The van der Waals surface area contributed by atoms with Crippen molar-refractivity contribution in [1.29, 1.82) is 0 Å². The number of aliphatic hydroxyl groups excluding tert-OH is 1. The van der Waals surface area contributed by atoms with Crippen LogP contribution in [-0.4, -0.2) is 37.4 Å². The normalized spacial score (nSPS) is 12.7. The van der Waals surface area contributed by atoms with E-state index in [0.29, 0.717) is 43.1 Å². The number of aryl methyl sites for hydroxylation is 2. The Hall–Kier alpha value is -3.10. The summed E-state index contributed by atoms with van der Waals surface area (Å²) in [5.41, 5.74) is 3.21. The third kappa shape index (κ3) is 10.2. The van der Waals surface area contributed by atoms with Crippen molar-refractivity contribution in [3.8, 4) is 0 Å². The average molecular weight is 625 g/mol. The second-order valence-electron chi connectivity index (χ2n) is 11.3. The molecule has 0 fully saturated rings. The summed E-state index contributed by atoms with van der Waals surface area (Å²) in [7, 11) is 2.63. The van der Waals surface area contributed by atoms with E-state index in [1.165, 1.54) is 64.4 Å². The smallest absolute Gasteiger partial charge is 0.374 e. The lowest BCUT2D eigenvalue weighted by atomic mass is 9.99. The molecular weight excluding hydrogens is 576 g/mol. The first-order valence-corrected chi connectivity index (χ1v) is 16.9. The number of fused-ring (bicyclic) bond motifs is 1. The molecule has 0 aliphatic heterocycles. The lowest BCUT2D eigenvalue weighted by molar-refractivity contribution is -0.140. The van der Waals surface area contributed by atoms with Gasteiger partial charge in [0.2, 0.25) is 5.76 Å². The minimum Gasteiger partial charge on any atom is -0.469 e. The molecule has 44 heavy (non-hydrogen) atoms. The molecule has 7 nitrogen and oxygen atoms in total. The van der Waals surface area contributed by atoms with Crippen molar-refractivity contribution < 1.29 is 28.6 Å². The van der Waals surface area contributed by atoms with E-state index in [1.807, 2.05) is 13.0 Å². The van der Waals surface area contributed by atoms with Gasteiger partial charge in [-0.1, -0.05) is 83.1 Å². The van der Waals surface area contributed by atoms with Crippen LogP contribution >= 0.6 is 11.8 Å². The van der Waals surface area contributed by atoms with Crippen molar-refractivity contribution in [2.45, 2.75) is 114 Å². The number of ether oxygens (including phenoxy) is 2. The Bertz CT molecular complexity index is 1400. The third-order valence-corrected chi connectivity index (χ3v) is 9.41. The van der Waals surface area contributed by atoms with E-state index in [4.69, 9.17) is 13.9 Å².